The van der Waals surface area contributed by atoms with Crippen molar-refractivity contribution >= 4 is 23.3 Å². The predicted octanol–water partition coefficient (Wildman–Crippen LogP) is 2.49. The van der Waals surface area contributed by atoms with E-state index in [0.717, 1.165) is 12.8 Å². The Kier molecular flexibility index (Phi) is 3.21. The Bertz CT molecular complexity index is 492. The number of carboxylic acids is 1. The number of carbonyl (C=O) groups is 1. The first-order chi connectivity index (χ1) is 8.11. The molecule has 0 radical (unpaired) electrons. The summed E-state index contributed by atoms with van der Waals surface area (Å²) in [5.41, 5.74) is 1.02. The summed E-state index contributed by atoms with van der Waals surface area (Å²) in [5.74, 6) is -0.688. The van der Waals surface area contributed by atoms with Gasteiger partial charge in [-0.15, -0.1) is 0 Å². The predicted molar refractivity (Wildman–Crippen MR) is 63.9 cm³/mol. The number of rotatable bonds is 4. The van der Waals surface area contributed by atoms with Crippen molar-refractivity contribution in [1.29, 1.82) is 5.26 Å². The fraction of sp³-hybridized carbons (Fsp3) is 0.333. The van der Waals surface area contributed by atoms with Gasteiger partial charge in [0.05, 0.1) is 22.3 Å². The van der Waals surface area contributed by atoms with Crippen molar-refractivity contribution in [2.75, 3.05) is 5.32 Å². The van der Waals surface area contributed by atoms with Crippen LogP contribution in [0, 0.1) is 17.2 Å². The van der Waals surface area contributed by atoms with Gasteiger partial charge in [-0.3, -0.25) is 0 Å². The van der Waals surface area contributed by atoms with Gasteiger partial charge in [-0.25, -0.2) is 4.79 Å². The summed E-state index contributed by atoms with van der Waals surface area (Å²) in [5, 5.41) is 21.1. The van der Waals surface area contributed by atoms with E-state index in [4.69, 9.17) is 22.0 Å². The molecule has 4 nitrogen and oxygen atoms in total. The third-order valence-electron chi connectivity index (χ3n) is 2.77. The van der Waals surface area contributed by atoms with Crippen LogP contribution in [0.4, 0.5) is 5.69 Å². The maximum absolute atomic E-state index is 11.1. The molecule has 17 heavy (non-hydrogen) atoms. The third kappa shape index (κ3) is 2.69. The average molecular weight is 251 g/mol. The molecule has 0 aromatic heterocycles. The van der Waals surface area contributed by atoms with Gasteiger partial charge in [-0.2, -0.15) is 5.26 Å². The second-order valence-corrected chi connectivity index (χ2v) is 4.51. The van der Waals surface area contributed by atoms with Crippen LogP contribution >= 0.6 is 11.6 Å². The molecule has 1 atom stereocenters. The van der Waals surface area contributed by atoms with E-state index in [1.807, 2.05) is 6.07 Å². The molecule has 1 saturated carbocycles. The van der Waals surface area contributed by atoms with Crippen LogP contribution in [0.25, 0.3) is 0 Å². The molecule has 2 N–H and O–H groups in total. The highest BCUT2D eigenvalue weighted by Crippen LogP contribution is 2.35. The number of aliphatic carboxylic acids is 1. The van der Waals surface area contributed by atoms with E-state index in [2.05, 4.69) is 5.32 Å². The second kappa shape index (κ2) is 4.64. The van der Waals surface area contributed by atoms with Gasteiger partial charge in [0.25, 0.3) is 0 Å². The zero-order chi connectivity index (χ0) is 12.4. The summed E-state index contributed by atoms with van der Waals surface area (Å²) >= 11 is 5.98. The lowest BCUT2D eigenvalue weighted by Gasteiger charge is -2.16. The van der Waals surface area contributed by atoms with Crippen molar-refractivity contribution in [2.24, 2.45) is 5.92 Å². The monoisotopic (exact) mass is 250 g/mol. The molecule has 0 aliphatic heterocycles. The molecule has 1 aromatic rings. The van der Waals surface area contributed by atoms with E-state index >= 15 is 0 Å². The molecule has 1 aliphatic carbocycles. The smallest absolute Gasteiger partial charge is 0.326 e. The standard InChI is InChI=1S/C12H11ClN2O2/c13-9-5-7(6-14)1-4-10(9)15-11(12(16)17)8-2-3-8/h1,4-5,8,11,15H,2-3H2,(H,16,17). The molecule has 1 aromatic carbocycles. The molecule has 0 heterocycles. The maximum Gasteiger partial charge on any atom is 0.326 e. The fourth-order valence-corrected chi connectivity index (χ4v) is 1.92. The van der Waals surface area contributed by atoms with Crippen molar-refractivity contribution < 1.29 is 9.90 Å². The molecule has 2 rings (SSSR count). The highest BCUT2D eigenvalue weighted by Gasteiger charge is 2.36. The minimum Gasteiger partial charge on any atom is -0.480 e. The Labute approximate surface area is 104 Å². The van der Waals surface area contributed by atoms with Crippen molar-refractivity contribution in [1.82, 2.24) is 0 Å². The van der Waals surface area contributed by atoms with E-state index in [0.29, 0.717) is 16.3 Å². The molecule has 1 fully saturated rings. The lowest BCUT2D eigenvalue weighted by Crippen LogP contribution is -2.31. The fourth-order valence-electron chi connectivity index (χ4n) is 1.68. The summed E-state index contributed by atoms with van der Waals surface area (Å²) in [7, 11) is 0. The quantitative estimate of drug-likeness (QED) is 0.861. The number of benzene rings is 1. The van der Waals surface area contributed by atoms with Gasteiger partial charge in [0.2, 0.25) is 0 Å². The number of anilines is 1. The first-order valence-electron chi connectivity index (χ1n) is 5.31. The minimum absolute atomic E-state index is 0.180. The molecule has 0 saturated heterocycles. The number of nitrogens with zero attached hydrogens (tertiary/aromatic N) is 1. The lowest BCUT2D eigenvalue weighted by molar-refractivity contribution is -0.138. The number of carboxylic acid groups (broad SMARTS) is 1. The molecule has 5 heteroatoms. The van der Waals surface area contributed by atoms with Gasteiger partial charge < -0.3 is 10.4 Å². The first-order valence-corrected chi connectivity index (χ1v) is 5.68. The van der Waals surface area contributed by atoms with Crippen LogP contribution < -0.4 is 5.32 Å². The van der Waals surface area contributed by atoms with Gasteiger partial charge in [0, 0.05) is 0 Å². The highest BCUT2D eigenvalue weighted by atomic mass is 35.5. The molecule has 0 amide bonds. The van der Waals surface area contributed by atoms with Crippen molar-refractivity contribution in [3.8, 4) is 6.07 Å². The van der Waals surface area contributed by atoms with Gasteiger partial charge in [-0.1, -0.05) is 11.6 Å². The summed E-state index contributed by atoms with van der Waals surface area (Å²) < 4.78 is 0. The topological polar surface area (TPSA) is 73.1 Å². The summed E-state index contributed by atoms with van der Waals surface area (Å²) in [6, 6.07) is 6.15. The number of hydrogen-bond donors (Lipinski definition) is 2. The third-order valence-corrected chi connectivity index (χ3v) is 3.08. The Morgan fingerprint density at radius 2 is 2.29 bits per heavy atom. The van der Waals surface area contributed by atoms with E-state index in [9.17, 15) is 4.79 Å². The minimum atomic E-state index is -0.868. The van der Waals surface area contributed by atoms with Gasteiger partial charge in [0.1, 0.15) is 6.04 Å². The van der Waals surface area contributed by atoms with Gasteiger partial charge in [0.15, 0.2) is 0 Å². The summed E-state index contributed by atoms with van der Waals surface area (Å²) in [4.78, 5) is 11.1. The molecule has 1 unspecified atom stereocenters. The summed E-state index contributed by atoms with van der Waals surface area (Å²) in [6.45, 7) is 0. The van der Waals surface area contributed by atoms with E-state index < -0.39 is 12.0 Å². The number of halogens is 1. The van der Waals surface area contributed by atoms with Crippen LogP contribution in [-0.4, -0.2) is 17.1 Å². The van der Waals surface area contributed by atoms with E-state index in [-0.39, 0.29) is 5.92 Å². The van der Waals surface area contributed by atoms with Crippen LogP contribution in [0.5, 0.6) is 0 Å². The highest BCUT2D eigenvalue weighted by molar-refractivity contribution is 6.33. The van der Waals surface area contributed by atoms with Crippen molar-refractivity contribution in [2.45, 2.75) is 18.9 Å². The molecule has 0 bridgehead atoms. The molecule has 88 valence electrons. The lowest BCUT2D eigenvalue weighted by atomic mass is 10.1. The van der Waals surface area contributed by atoms with Crippen LogP contribution in [0.1, 0.15) is 18.4 Å². The Morgan fingerprint density at radius 3 is 2.76 bits per heavy atom. The molecular formula is C12H11ClN2O2. The molecule has 1 aliphatic rings. The number of hydrogen-bond acceptors (Lipinski definition) is 3. The van der Waals surface area contributed by atoms with Crippen LogP contribution in [0.2, 0.25) is 5.02 Å². The van der Waals surface area contributed by atoms with E-state index in [1.54, 1.807) is 12.1 Å². The van der Waals surface area contributed by atoms with Crippen LogP contribution in [0.3, 0.4) is 0 Å². The van der Waals surface area contributed by atoms with Crippen LogP contribution in [-0.2, 0) is 4.79 Å². The largest absolute Gasteiger partial charge is 0.480 e. The number of nitrogens with one attached hydrogen (secondary N) is 1. The molecule has 0 spiro atoms. The first kappa shape index (κ1) is 11.7. The SMILES string of the molecule is N#Cc1ccc(NC(C(=O)O)C2CC2)c(Cl)c1. The van der Waals surface area contributed by atoms with Gasteiger partial charge >= 0.3 is 5.97 Å². The maximum atomic E-state index is 11.1. The van der Waals surface area contributed by atoms with E-state index in [1.165, 1.54) is 6.07 Å². The summed E-state index contributed by atoms with van der Waals surface area (Å²) in [6.07, 6.45) is 1.86. The second-order valence-electron chi connectivity index (χ2n) is 4.10. The molecular weight excluding hydrogens is 240 g/mol. The Balaban J connectivity index is 2.17. The van der Waals surface area contributed by atoms with Crippen molar-refractivity contribution in [3.63, 3.8) is 0 Å². The van der Waals surface area contributed by atoms with Crippen molar-refractivity contribution in [3.05, 3.63) is 28.8 Å². The Hall–Kier alpha value is -1.73. The zero-order valence-electron chi connectivity index (χ0n) is 8.98. The van der Waals surface area contributed by atoms with Gasteiger partial charge in [-0.05, 0) is 37.0 Å². The Morgan fingerprint density at radius 1 is 1.59 bits per heavy atom. The zero-order valence-corrected chi connectivity index (χ0v) is 9.74. The van der Waals surface area contributed by atoms with Crippen LogP contribution in [0.15, 0.2) is 18.2 Å². The average Bonchev–Trinajstić information content (AvgIpc) is 3.10. The number of nitriles is 1. The normalized spacial score (nSPS) is 16.0.